The van der Waals surface area contributed by atoms with E-state index >= 15 is 0 Å². The number of phenolic OH excluding ortho intramolecular Hbond substituents is 1. The van der Waals surface area contributed by atoms with Crippen LogP contribution >= 0.6 is 0 Å². The average Bonchev–Trinajstić information content (AvgIpc) is 3.20. The van der Waals surface area contributed by atoms with Gasteiger partial charge in [0.2, 0.25) is 5.91 Å². The number of hydrogen-bond acceptors (Lipinski definition) is 5. The monoisotopic (exact) mass is 699 g/mol. The number of aromatic hydroxyl groups is 1. The van der Waals surface area contributed by atoms with E-state index in [1.165, 1.54) is 45.2 Å². The quantitative estimate of drug-likeness (QED) is 0.129. The number of carbonyl (C=O) groups is 2. The lowest BCUT2D eigenvalue weighted by atomic mass is 9.87. The summed E-state index contributed by atoms with van der Waals surface area (Å²) in [5.41, 5.74) is 5.69. The van der Waals surface area contributed by atoms with Gasteiger partial charge in [-0.3, -0.25) is 9.59 Å². The lowest BCUT2D eigenvalue weighted by Crippen LogP contribution is -2.38. The first kappa shape index (κ1) is 36.9. The van der Waals surface area contributed by atoms with E-state index in [9.17, 15) is 14.7 Å². The molecule has 2 aliphatic rings. The lowest BCUT2D eigenvalue weighted by molar-refractivity contribution is -0.126. The molecule has 4 aromatic carbocycles. The molecule has 0 aromatic heterocycles. The van der Waals surface area contributed by atoms with E-state index in [0.717, 1.165) is 76.9 Å². The first-order valence-corrected chi connectivity index (χ1v) is 19.0. The summed E-state index contributed by atoms with van der Waals surface area (Å²) in [6.45, 7) is 4.95. The number of phenols is 1. The van der Waals surface area contributed by atoms with Crippen LogP contribution in [0.4, 0.5) is 0 Å². The molecule has 0 unspecified atom stereocenters. The van der Waals surface area contributed by atoms with Crippen LogP contribution in [0.2, 0.25) is 0 Å². The summed E-state index contributed by atoms with van der Waals surface area (Å²) >= 11 is 0. The molecule has 4 aromatic rings. The lowest BCUT2D eigenvalue weighted by Gasteiger charge is -2.32. The number of ether oxygens (including phenoxy) is 1. The predicted octanol–water partition coefficient (Wildman–Crippen LogP) is 8.37. The molecule has 2 aliphatic heterocycles. The van der Waals surface area contributed by atoms with Crippen molar-refractivity contribution in [2.45, 2.75) is 57.9 Å². The number of likely N-dealkylation sites (tertiary alicyclic amines) is 1. The van der Waals surface area contributed by atoms with Crippen LogP contribution in [0.15, 0.2) is 103 Å². The number of hydrogen-bond donors (Lipinski definition) is 2. The van der Waals surface area contributed by atoms with E-state index in [4.69, 9.17) is 4.74 Å². The number of amides is 2. The Morgan fingerprint density at radius 1 is 0.827 bits per heavy atom. The summed E-state index contributed by atoms with van der Waals surface area (Å²) in [4.78, 5) is 31.2. The summed E-state index contributed by atoms with van der Waals surface area (Å²) in [6, 6.07) is 30.9. The van der Waals surface area contributed by atoms with Gasteiger partial charge in [0.1, 0.15) is 11.5 Å². The van der Waals surface area contributed by atoms with Gasteiger partial charge in [0.15, 0.2) is 0 Å². The minimum atomic E-state index is -0.0851. The number of rotatable bonds is 14. The Kier molecular flexibility index (Phi) is 13.2. The molecule has 6 rings (SSSR count). The van der Waals surface area contributed by atoms with Crippen LogP contribution in [-0.2, 0) is 17.8 Å². The standard InChI is InChI=1S/C45H53N3O4/c1-52-43-18-13-36(14-19-43)15-20-44(50)48(30-25-37-11-16-42(49)17-12-37)33-38-7-3-8-39(31-38)40-9-4-10-41(32-40)45(51)47-28-23-35(24-29-47)6-2-5-34-21-26-46-27-22-34/h3-4,7-20,31-32,34-35,46,49H,2,5-6,21-30,33H2,1H3/b20-15+. The van der Waals surface area contributed by atoms with Gasteiger partial charge < -0.3 is 25.0 Å². The minimum absolute atomic E-state index is 0.0851. The number of nitrogens with zero attached hydrogens (tertiary/aromatic N) is 2. The van der Waals surface area contributed by atoms with E-state index in [1.54, 1.807) is 25.3 Å². The topological polar surface area (TPSA) is 82.1 Å². The van der Waals surface area contributed by atoms with Crippen molar-refractivity contribution in [2.75, 3.05) is 39.8 Å². The maximum Gasteiger partial charge on any atom is 0.253 e. The average molecular weight is 700 g/mol. The van der Waals surface area contributed by atoms with Crippen LogP contribution in [0.3, 0.4) is 0 Å². The third kappa shape index (κ3) is 10.6. The van der Waals surface area contributed by atoms with Crippen molar-refractivity contribution in [3.05, 3.63) is 125 Å². The maximum absolute atomic E-state index is 13.7. The van der Waals surface area contributed by atoms with Crippen molar-refractivity contribution in [2.24, 2.45) is 11.8 Å². The highest BCUT2D eigenvalue weighted by Gasteiger charge is 2.24. The summed E-state index contributed by atoms with van der Waals surface area (Å²) in [5, 5.41) is 13.2. The molecule has 2 saturated heterocycles. The van der Waals surface area contributed by atoms with Gasteiger partial charge in [0.05, 0.1) is 7.11 Å². The Labute approximate surface area is 309 Å². The number of piperidine rings is 2. The molecule has 2 fully saturated rings. The molecule has 0 saturated carbocycles. The van der Waals surface area contributed by atoms with Crippen molar-refractivity contribution in [3.63, 3.8) is 0 Å². The maximum atomic E-state index is 13.7. The second kappa shape index (κ2) is 18.6. The summed E-state index contributed by atoms with van der Waals surface area (Å²) in [5.74, 6) is 2.63. The largest absolute Gasteiger partial charge is 0.508 e. The highest BCUT2D eigenvalue weighted by molar-refractivity contribution is 5.95. The highest BCUT2D eigenvalue weighted by atomic mass is 16.5. The molecule has 0 atom stereocenters. The van der Waals surface area contributed by atoms with Gasteiger partial charge in [-0.1, -0.05) is 73.9 Å². The van der Waals surface area contributed by atoms with Gasteiger partial charge in [-0.05, 0) is 133 Å². The molecule has 0 spiro atoms. The zero-order chi connectivity index (χ0) is 36.1. The van der Waals surface area contributed by atoms with Gasteiger partial charge in [0, 0.05) is 37.8 Å². The van der Waals surface area contributed by atoms with Crippen LogP contribution in [0, 0.1) is 11.8 Å². The van der Waals surface area contributed by atoms with E-state index < -0.39 is 0 Å². The molecule has 0 radical (unpaired) electrons. The van der Waals surface area contributed by atoms with Gasteiger partial charge in [-0.15, -0.1) is 0 Å². The fourth-order valence-electron chi connectivity index (χ4n) is 7.56. The van der Waals surface area contributed by atoms with Crippen molar-refractivity contribution < 1.29 is 19.4 Å². The van der Waals surface area contributed by atoms with E-state index in [0.29, 0.717) is 19.5 Å². The van der Waals surface area contributed by atoms with Crippen molar-refractivity contribution in [1.29, 1.82) is 0 Å². The number of nitrogens with one attached hydrogen (secondary N) is 1. The molecular weight excluding hydrogens is 647 g/mol. The molecule has 7 nitrogen and oxygen atoms in total. The van der Waals surface area contributed by atoms with Gasteiger partial charge >= 0.3 is 0 Å². The fourth-order valence-corrected chi connectivity index (χ4v) is 7.56. The van der Waals surface area contributed by atoms with Crippen molar-refractivity contribution in [1.82, 2.24) is 15.1 Å². The minimum Gasteiger partial charge on any atom is -0.508 e. The molecule has 52 heavy (non-hydrogen) atoms. The van der Waals surface area contributed by atoms with Crippen LogP contribution in [0.1, 0.15) is 72.0 Å². The Bertz CT molecular complexity index is 1770. The smallest absolute Gasteiger partial charge is 0.253 e. The Hall–Kier alpha value is -4.88. The Balaban J connectivity index is 1.09. The predicted molar refractivity (Wildman–Crippen MR) is 209 cm³/mol. The zero-order valence-corrected chi connectivity index (χ0v) is 30.5. The molecule has 272 valence electrons. The molecular formula is C45H53N3O4. The van der Waals surface area contributed by atoms with E-state index in [-0.39, 0.29) is 17.6 Å². The molecule has 0 aliphatic carbocycles. The van der Waals surface area contributed by atoms with Crippen molar-refractivity contribution >= 4 is 17.9 Å². The van der Waals surface area contributed by atoms with Crippen LogP contribution in [0.25, 0.3) is 17.2 Å². The molecule has 2 heterocycles. The molecule has 7 heteroatoms. The second-order valence-electron chi connectivity index (χ2n) is 14.4. The Morgan fingerprint density at radius 3 is 2.21 bits per heavy atom. The van der Waals surface area contributed by atoms with Gasteiger partial charge in [-0.25, -0.2) is 0 Å². The molecule has 2 amide bonds. The molecule has 2 N–H and O–H groups in total. The third-order valence-electron chi connectivity index (χ3n) is 10.8. The van der Waals surface area contributed by atoms with Gasteiger partial charge in [0.25, 0.3) is 5.91 Å². The van der Waals surface area contributed by atoms with Gasteiger partial charge in [-0.2, -0.15) is 0 Å². The van der Waals surface area contributed by atoms with E-state index in [1.807, 2.05) is 82.6 Å². The second-order valence-corrected chi connectivity index (χ2v) is 14.4. The normalized spacial score (nSPS) is 15.5. The Morgan fingerprint density at radius 2 is 1.50 bits per heavy atom. The first-order valence-electron chi connectivity index (χ1n) is 19.0. The third-order valence-corrected chi connectivity index (χ3v) is 10.8. The summed E-state index contributed by atoms with van der Waals surface area (Å²) in [7, 11) is 1.63. The highest BCUT2D eigenvalue weighted by Crippen LogP contribution is 2.28. The first-order chi connectivity index (χ1) is 25.4. The van der Waals surface area contributed by atoms with Crippen molar-refractivity contribution in [3.8, 4) is 22.6 Å². The van der Waals surface area contributed by atoms with Crippen LogP contribution in [-0.4, -0.2) is 66.6 Å². The zero-order valence-electron chi connectivity index (χ0n) is 30.5. The number of benzene rings is 4. The fraction of sp³-hybridized carbons (Fsp3) is 0.378. The number of methoxy groups -OCH3 is 1. The molecule has 0 bridgehead atoms. The summed E-state index contributed by atoms with van der Waals surface area (Å²) in [6.07, 6.45) is 12.9. The SMILES string of the molecule is COc1ccc(/C=C/C(=O)N(CCc2ccc(O)cc2)Cc2cccc(-c3cccc(C(=O)N4CCC(CCCC5CCNCC5)CC4)c3)c2)cc1. The van der Waals surface area contributed by atoms with Crippen LogP contribution < -0.4 is 10.1 Å². The van der Waals surface area contributed by atoms with Crippen LogP contribution in [0.5, 0.6) is 11.5 Å². The number of carbonyl (C=O) groups excluding carboxylic acids is 2. The summed E-state index contributed by atoms with van der Waals surface area (Å²) < 4.78 is 5.26. The van der Waals surface area contributed by atoms with E-state index in [2.05, 4.69) is 23.5 Å².